The third-order valence-electron chi connectivity index (χ3n) is 1.49. The van der Waals surface area contributed by atoms with Crippen LogP contribution in [0, 0.1) is 10.1 Å². The molecular weight excluding hydrogens is 240 g/mol. The van der Waals surface area contributed by atoms with Crippen molar-refractivity contribution in [3.63, 3.8) is 0 Å². The number of hydrogen-bond donors (Lipinski definition) is 0. The summed E-state index contributed by atoms with van der Waals surface area (Å²) in [6, 6.07) is 3.48. The van der Waals surface area contributed by atoms with Crippen LogP contribution in [0.4, 0.5) is 5.69 Å². The first kappa shape index (κ1) is 11.5. The fourth-order valence-corrected chi connectivity index (χ4v) is 1.22. The molecule has 0 atom stereocenters. The largest absolute Gasteiger partial charge is 0.286 e. The normalized spacial score (nSPS) is 9.13. The molecule has 0 unspecified atom stereocenters. The van der Waals surface area contributed by atoms with Crippen LogP contribution in [0.5, 0.6) is 0 Å². The van der Waals surface area contributed by atoms with Gasteiger partial charge in [0.05, 0.1) is 15.6 Å². The molecule has 0 saturated carbocycles. The van der Waals surface area contributed by atoms with Crippen LogP contribution in [0.2, 0.25) is 5.02 Å². The SMILES string of the molecule is O=C(N=C=S)c1cc(Cl)cc([N+](=O)[O-])c1. The zero-order valence-corrected chi connectivity index (χ0v) is 8.71. The Labute approximate surface area is 94.5 Å². The molecule has 7 heteroatoms. The van der Waals surface area contributed by atoms with E-state index in [4.69, 9.17) is 11.6 Å². The highest BCUT2D eigenvalue weighted by molar-refractivity contribution is 7.78. The van der Waals surface area contributed by atoms with Crippen molar-refractivity contribution in [2.24, 2.45) is 4.99 Å². The predicted octanol–water partition coefficient (Wildman–Crippen LogP) is 2.49. The van der Waals surface area contributed by atoms with Gasteiger partial charge < -0.3 is 0 Å². The molecule has 0 saturated heterocycles. The average Bonchev–Trinajstić information content (AvgIpc) is 2.17. The van der Waals surface area contributed by atoms with E-state index in [2.05, 4.69) is 17.2 Å². The maximum Gasteiger partial charge on any atom is 0.286 e. The van der Waals surface area contributed by atoms with E-state index in [1.807, 2.05) is 5.16 Å². The number of isothiocyanates is 1. The van der Waals surface area contributed by atoms with Gasteiger partial charge in [-0.2, -0.15) is 4.99 Å². The molecule has 0 heterocycles. The minimum Gasteiger partial charge on any atom is -0.266 e. The number of thiocarbonyl (C=S) groups is 1. The number of rotatable bonds is 2. The van der Waals surface area contributed by atoms with Crippen LogP contribution in [0.15, 0.2) is 23.2 Å². The van der Waals surface area contributed by atoms with Gasteiger partial charge in [0.25, 0.3) is 11.6 Å². The zero-order chi connectivity index (χ0) is 11.4. The minimum absolute atomic E-state index is 0.00606. The molecule has 0 fully saturated rings. The van der Waals surface area contributed by atoms with Crippen LogP contribution in [-0.4, -0.2) is 16.0 Å². The molecule has 1 aromatic carbocycles. The van der Waals surface area contributed by atoms with Gasteiger partial charge in [0.1, 0.15) is 0 Å². The van der Waals surface area contributed by atoms with Gasteiger partial charge in [-0.05, 0) is 18.3 Å². The summed E-state index contributed by atoms with van der Waals surface area (Å²) in [4.78, 5) is 24.2. The van der Waals surface area contributed by atoms with Gasteiger partial charge in [0.2, 0.25) is 0 Å². The van der Waals surface area contributed by atoms with Gasteiger partial charge in [-0.15, -0.1) is 0 Å². The molecule has 1 rings (SSSR count). The van der Waals surface area contributed by atoms with Crippen LogP contribution in [0.25, 0.3) is 0 Å². The van der Waals surface area contributed by atoms with Crippen molar-refractivity contribution in [1.82, 2.24) is 0 Å². The number of carbonyl (C=O) groups excluding carboxylic acids is 1. The number of nitrogens with zero attached hydrogens (tertiary/aromatic N) is 2. The fraction of sp³-hybridized carbons (Fsp3) is 0. The number of nitro benzene ring substituents is 1. The molecular formula is C8H3ClN2O3S. The molecule has 1 aromatic rings. The molecule has 5 nitrogen and oxygen atoms in total. The smallest absolute Gasteiger partial charge is 0.266 e. The zero-order valence-electron chi connectivity index (χ0n) is 7.14. The second kappa shape index (κ2) is 4.75. The summed E-state index contributed by atoms with van der Waals surface area (Å²) in [7, 11) is 0. The first-order valence-corrected chi connectivity index (χ1v) is 4.40. The topological polar surface area (TPSA) is 72.6 Å². The number of hydrogen-bond acceptors (Lipinski definition) is 4. The summed E-state index contributed by atoms with van der Waals surface area (Å²) in [5, 5.41) is 12.4. The van der Waals surface area contributed by atoms with E-state index >= 15 is 0 Å². The lowest BCUT2D eigenvalue weighted by Crippen LogP contribution is -1.96. The standard InChI is InChI=1S/C8H3ClN2O3S/c9-6-1-5(8(12)10-4-15)2-7(3-6)11(13)14/h1-3H. The van der Waals surface area contributed by atoms with Gasteiger partial charge in [0.15, 0.2) is 0 Å². The molecule has 0 aliphatic heterocycles. The Morgan fingerprint density at radius 3 is 2.73 bits per heavy atom. The quantitative estimate of drug-likeness (QED) is 0.346. The first-order valence-electron chi connectivity index (χ1n) is 3.62. The summed E-state index contributed by atoms with van der Waals surface area (Å²) in [6.07, 6.45) is 0. The van der Waals surface area contributed by atoms with Crippen LogP contribution in [-0.2, 0) is 0 Å². The van der Waals surface area contributed by atoms with E-state index in [0.29, 0.717) is 0 Å². The van der Waals surface area contributed by atoms with E-state index in [1.54, 1.807) is 0 Å². The molecule has 76 valence electrons. The second-order valence-electron chi connectivity index (χ2n) is 2.46. The van der Waals surface area contributed by atoms with Crippen LogP contribution in [0.3, 0.4) is 0 Å². The van der Waals surface area contributed by atoms with Crippen molar-refractivity contribution >= 4 is 40.6 Å². The van der Waals surface area contributed by atoms with Crippen molar-refractivity contribution < 1.29 is 9.72 Å². The maximum absolute atomic E-state index is 11.2. The molecule has 0 aliphatic rings. The van der Waals surface area contributed by atoms with Crippen LogP contribution < -0.4 is 0 Å². The molecule has 0 N–H and O–H groups in total. The molecule has 15 heavy (non-hydrogen) atoms. The van der Waals surface area contributed by atoms with Crippen LogP contribution in [0.1, 0.15) is 10.4 Å². The van der Waals surface area contributed by atoms with Crippen molar-refractivity contribution in [1.29, 1.82) is 0 Å². The average molecular weight is 243 g/mol. The second-order valence-corrected chi connectivity index (χ2v) is 3.08. The van der Waals surface area contributed by atoms with Crippen molar-refractivity contribution in [3.05, 3.63) is 38.9 Å². The van der Waals surface area contributed by atoms with E-state index in [0.717, 1.165) is 12.1 Å². The van der Waals surface area contributed by atoms with Crippen molar-refractivity contribution in [3.8, 4) is 0 Å². The van der Waals surface area contributed by atoms with Crippen molar-refractivity contribution in [2.75, 3.05) is 0 Å². The number of amides is 1. The third kappa shape index (κ3) is 2.92. The summed E-state index contributed by atoms with van der Waals surface area (Å²) in [5.74, 6) is -0.712. The highest BCUT2D eigenvalue weighted by atomic mass is 35.5. The number of carbonyl (C=O) groups is 1. The summed E-state index contributed by atoms with van der Waals surface area (Å²) >= 11 is 9.83. The van der Waals surface area contributed by atoms with Crippen molar-refractivity contribution in [2.45, 2.75) is 0 Å². The summed E-state index contributed by atoms with van der Waals surface area (Å²) in [6.45, 7) is 0. The Kier molecular flexibility index (Phi) is 3.62. The fourth-order valence-electron chi connectivity index (χ4n) is 0.909. The Balaban J connectivity index is 3.25. The van der Waals surface area contributed by atoms with Gasteiger partial charge in [-0.25, -0.2) is 0 Å². The van der Waals surface area contributed by atoms with Gasteiger partial charge in [-0.3, -0.25) is 14.9 Å². The Morgan fingerprint density at radius 1 is 1.53 bits per heavy atom. The molecule has 1 amide bonds. The monoisotopic (exact) mass is 242 g/mol. The predicted molar refractivity (Wildman–Crippen MR) is 57.5 cm³/mol. The first-order chi connectivity index (χ1) is 7.04. The van der Waals surface area contributed by atoms with E-state index in [-0.39, 0.29) is 16.3 Å². The highest BCUT2D eigenvalue weighted by Gasteiger charge is 2.12. The number of benzene rings is 1. The number of halogens is 1. The Morgan fingerprint density at radius 2 is 2.20 bits per heavy atom. The summed E-state index contributed by atoms with van der Waals surface area (Å²) < 4.78 is 0. The van der Waals surface area contributed by atoms with E-state index in [9.17, 15) is 14.9 Å². The molecule has 0 spiro atoms. The van der Waals surface area contributed by atoms with Crippen LogP contribution >= 0.6 is 23.8 Å². The summed E-state index contributed by atoms with van der Waals surface area (Å²) in [5.41, 5.74) is -0.267. The lowest BCUT2D eigenvalue weighted by molar-refractivity contribution is -0.384. The van der Waals surface area contributed by atoms with Gasteiger partial charge >= 0.3 is 0 Å². The van der Waals surface area contributed by atoms with E-state index in [1.165, 1.54) is 6.07 Å². The Hall–Kier alpha value is -1.62. The lowest BCUT2D eigenvalue weighted by atomic mass is 10.2. The lowest BCUT2D eigenvalue weighted by Gasteiger charge is -1.96. The minimum atomic E-state index is -0.712. The molecule has 0 radical (unpaired) electrons. The Bertz CT molecular complexity index is 483. The number of aliphatic imine (C=N–C) groups is 1. The number of nitro groups is 1. The highest BCUT2D eigenvalue weighted by Crippen LogP contribution is 2.21. The number of non-ortho nitro benzene ring substituents is 1. The maximum atomic E-state index is 11.2. The van der Waals surface area contributed by atoms with Gasteiger partial charge in [-0.1, -0.05) is 11.6 Å². The molecule has 0 aliphatic carbocycles. The van der Waals surface area contributed by atoms with E-state index < -0.39 is 10.8 Å². The van der Waals surface area contributed by atoms with Gasteiger partial charge in [0, 0.05) is 17.2 Å². The molecule has 0 bridgehead atoms. The third-order valence-corrected chi connectivity index (χ3v) is 1.80. The molecule has 0 aromatic heterocycles.